The lowest BCUT2D eigenvalue weighted by molar-refractivity contribution is 0.385. The van der Waals surface area contributed by atoms with Crippen LogP contribution < -0.4 is 15.0 Å². The van der Waals surface area contributed by atoms with Gasteiger partial charge in [0.05, 0.1) is 11.6 Å². The maximum Gasteiger partial charge on any atom is 0.135 e. The number of rotatable bonds is 3. The molecule has 0 aromatic heterocycles. The minimum absolute atomic E-state index is 0.557. The van der Waals surface area contributed by atoms with Gasteiger partial charge in [-0.2, -0.15) is 0 Å². The monoisotopic (exact) mass is 312 g/mol. The van der Waals surface area contributed by atoms with Crippen LogP contribution in [0.4, 0.5) is 5.69 Å². The fourth-order valence-corrected chi connectivity index (χ4v) is 3.05. The van der Waals surface area contributed by atoms with Gasteiger partial charge >= 0.3 is 0 Å². The fourth-order valence-electron chi connectivity index (χ4n) is 2.65. The number of hydrogen-bond donors (Lipinski definition) is 1. The molecule has 1 N–H and O–H groups in total. The summed E-state index contributed by atoms with van der Waals surface area (Å²) in [4.78, 5) is 2.46. The molecule has 2 atom stereocenters. The molecule has 1 aliphatic rings. The summed E-state index contributed by atoms with van der Waals surface area (Å²) in [6, 6.07) is 7.53. The van der Waals surface area contributed by atoms with Gasteiger partial charge in [-0.15, -0.1) is 0 Å². The van der Waals surface area contributed by atoms with Gasteiger partial charge in [-0.25, -0.2) is 0 Å². The predicted molar refractivity (Wildman–Crippen MR) is 79.6 cm³/mol. The molecule has 0 radical (unpaired) electrons. The summed E-state index contributed by atoms with van der Waals surface area (Å²) in [7, 11) is 3.76. The average molecular weight is 313 g/mol. The Morgan fingerprint density at radius 3 is 2.83 bits per heavy atom. The van der Waals surface area contributed by atoms with E-state index in [0.29, 0.717) is 12.1 Å². The summed E-state index contributed by atoms with van der Waals surface area (Å²) in [5, 5.41) is 3.38. The lowest BCUT2D eigenvalue weighted by Gasteiger charge is -2.39. The number of piperidine rings is 1. The number of anilines is 1. The summed E-state index contributed by atoms with van der Waals surface area (Å²) in [5.41, 5.74) is 1.25. The second-order valence-corrected chi connectivity index (χ2v) is 5.73. The van der Waals surface area contributed by atoms with E-state index in [1.807, 2.05) is 0 Å². The fraction of sp³-hybridized carbons (Fsp3) is 0.571. The summed E-state index contributed by atoms with van der Waals surface area (Å²) in [6.07, 6.45) is 2.38. The normalized spacial score (nSPS) is 24.1. The number of hydrogen-bond acceptors (Lipinski definition) is 3. The van der Waals surface area contributed by atoms with Gasteiger partial charge in [0.2, 0.25) is 0 Å². The molecular formula is C14H21BrN2O. The van der Waals surface area contributed by atoms with Crippen molar-refractivity contribution in [3.05, 3.63) is 22.7 Å². The Labute approximate surface area is 118 Å². The van der Waals surface area contributed by atoms with E-state index in [0.717, 1.165) is 16.8 Å². The van der Waals surface area contributed by atoms with Crippen molar-refractivity contribution in [3.63, 3.8) is 0 Å². The van der Waals surface area contributed by atoms with Crippen LogP contribution in [-0.2, 0) is 0 Å². The molecule has 2 unspecified atom stereocenters. The Kier molecular flexibility index (Phi) is 4.51. The number of nitrogens with zero attached hydrogens (tertiary/aromatic N) is 1. The largest absolute Gasteiger partial charge is 0.495 e. The highest BCUT2D eigenvalue weighted by Crippen LogP contribution is 2.32. The van der Waals surface area contributed by atoms with Crippen molar-refractivity contribution in [1.82, 2.24) is 5.32 Å². The molecule has 3 nitrogen and oxygen atoms in total. The van der Waals surface area contributed by atoms with E-state index < -0.39 is 0 Å². The van der Waals surface area contributed by atoms with Crippen molar-refractivity contribution in [1.29, 1.82) is 0 Å². The number of nitrogens with one attached hydrogen (secondary N) is 1. The molecule has 1 aliphatic heterocycles. The van der Waals surface area contributed by atoms with Crippen molar-refractivity contribution in [2.45, 2.75) is 31.8 Å². The molecule has 0 saturated carbocycles. The first kappa shape index (κ1) is 13.7. The summed E-state index contributed by atoms with van der Waals surface area (Å²) in [6.45, 7) is 3.38. The van der Waals surface area contributed by atoms with Crippen molar-refractivity contribution in [2.24, 2.45) is 0 Å². The van der Waals surface area contributed by atoms with E-state index in [4.69, 9.17) is 4.74 Å². The molecule has 0 bridgehead atoms. The third kappa shape index (κ3) is 2.81. The number of ether oxygens (including phenoxy) is 1. The van der Waals surface area contributed by atoms with Crippen LogP contribution in [0.25, 0.3) is 0 Å². The van der Waals surface area contributed by atoms with Crippen LogP contribution in [0.3, 0.4) is 0 Å². The van der Waals surface area contributed by atoms with Gasteiger partial charge in [0.15, 0.2) is 0 Å². The van der Waals surface area contributed by atoms with E-state index in [1.54, 1.807) is 7.11 Å². The molecule has 0 aliphatic carbocycles. The standard InChI is InChI=1S/C14H21BrN2O/c1-10-8-11(16-2)6-7-17(10)12-4-5-13(15)14(9-12)18-3/h4-5,9-11,16H,6-8H2,1-3H3. The number of halogens is 1. The lowest BCUT2D eigenvalue weighted by Crippen LogP contribution is -2.46. The molecule has 100 valence electrons. The molecule has 1 aromatic carbocycles. The Morgan fingerprint density at radius 2 is 2.22 bits per heavy atom. The Morgan fingerprint density at radius 1 is 1.44 bits per heavy atom. The van der Waals surface area contributed by atoms with Crippen molar-refractivity contribution < 1.29 is 4.74 Å². The third-order valence-corrected chi connectivity index (χ3v) is 4.41. The van der Waals surface area contributed by atoms with Crippen LogP contribution in [0.5, 0.6) is 5.75 Å². The highest BCUT2D eigenvalue weighted by molar-refractivity contribution is 9.10. The van der Waals surface area contributed by atoms with E-state index in [-0.39, 0.29) is 0 Å². The van der Waals surface area contributed by atoms with Crippen LogP contribution in [0.15, 0.2) is 22.7 Å². The third-order valence-electron chi connectivity index (χ3n) is 3.75. The second kappa shape index (κ2) is 5.93. The van der Waals surface area contributed by atoms with Crippen LogP contribution in [0.2, 0.25) is 0 Å². The first-order valence-corrected chi connectivity index (χ1v) is 7.22. The zero-order valence-corrected chi connectivity index (χ0v) is 12.8. The quantitative estimate of drug-likeness (QED) is 0.928. The highest BCUT2D eigenvalue weighted by Gasteiger charge is 2.24. The van der Waals surface area contributed by atoms with E-state index in [1.165, 1.54) is 18.5 Å². The van der Waals surface area contributed by atoms with Gasteiger partial charge in [0, 0.05) is 30.4 Å². The molecule has 1 saturated heterocycles. The first-order chi connectivity index (χ1) is 8.65. The lowest BCUT2D eigenvalue weighted by atomic mass is 9.98. The minimum Gasteiger partial charge on any atom is -0.495 e. The predicted octanol–water partition coefficient (Wildman–Crippen LogP) is 3.03. The zero-order chi connectivity index (χ0) is 13.1. The highest BCUT2D eigenvalue weighted by atomic mass is 79.9. The topological polar surface area (TPSA) is 24.5 Å². The number of benzene rings is 1. The smallest absolute Gasteiger partial charge is 0.135 e. The van der Waals surface area contributed by atoms with Gasteiger partial charge in [-0.1, -0.05) is 0 Å². The summed E-state index contributed by atoms with van der Waals surface area (Å²) >= 11 is 3.50. The molecule has 2 rings (SSSR count). The van der Waals surface area contributed by atoms with Crippen LogP contribution in [-0.4, -0.2) is 32.8 Å². The van der Waals surface area contributed by atoms with Crippen LogP contribution in [0.1, 0.15) is 19.8 Å². The van der Waals surface area contributed by atoms with E-state index in [9.17, 15) is 0 Å². The van der Waals surface area contributed by atoms with Gasteiger partial charge in [-0.3, -0.25) is 0 Å². The maximum absolute atomic E-state index is 5.37. The molecule has 1 heterocycles. The molecule has 0 amide bonds. The molecule has 0 spiro atoms. The number of methoxy groups -OCH3 is 1. The van der Waals surface area contributed by atoms with E-state index >= 15 is 0 Å². The molecular weight excluding hydrogens is 292 g/mol. The minimum atomic E-state index is 0.557. The van der Waals surface area contributed by atoms with Gasteiger partial charge < -0.3 is 15.0 Å². The van der Waals surface area contributed by atoms with Crippen molar-refractivity contribution in [2.75, 3.05) is 25.6 Å². The first-order valence-electron chi connectivity index (χ1n) is 6.43. The SMILES string of the molecule is CNC1CCN(c2ccc(Br)c(OC)c2)C(C)C1. The Bertz CT molecular complexity index is 411. The second-order valence-electron chi connectivity index (χ2n) is 4.87. The van der Waals surface area contributed by atoms with Gasteiger partial charge in [0.1, 0.15) is 5.75 Å². The van der Waals surface area contributed by atoms with Crippen molar-refractivity contribution in [3.8, 4) is 5.75 Å². The molecule has 1 aromatic rings. The molecule has 18 heavy (non-hydrogen) atoms. The maximum atomic E-state index is 5.37. The summed E-state index contributed by atoms with van der Waals surface area (Å²) < 4.78 is 6.37. The van der Waals surface area contributed by atoms with Gasteiger partial charge in [-0.05, 0) is 54.9 Å². The van der Waals surface area contributed by atoms with Crippen LogP contribution in [0, 0.1) is 0 Å². The van der Waals surface area contributed by atoms with E-state index in [2.05, 4.69) is 58.3 Å². The van der Waals surface area contributed by atoms with Gasteiger partial charge in [0.25, 0.3) is 0 Å². The summed E-state index contributed by atoms with van der Waals surface area (Å²) in [5.74, 6) is 0.899. The zero-order valence-electron chi connectivity index (χ0n) is 11.2. The molecule has 1 fully saturated rings. The van der Waals surface area contributed by atoms with Crippen molar-refractivity contribution >= 4 is 21.6 Å². The average Bonchev–Trinajstić information content (AvgIpc) is 2.39. The Hall–Kier alpha value is -0.740. The van der Waals surface area contributed by atoms with Crippen LogP contribution >= 0.6 is 15.9 Å². The molecule has 4 heteroatoms. The Balaban J connectivity index is 2.16.